The van der Waals surface area contributed by atoms with Crippen LogP contribution in [0, 0.1) is 0 Å². The molecule has 0 spiro atoms. The average molecular weight is 481 g/mol. The Balaban J connectivity index is 1.46. The summed E-state index contributed by atoms with van der Waals surface area (Å²) in [6, 6.07) is 23.9. The Morgan fingerprint density at radius 3 is 1.38 bits per heavy atom. The molecule has 6 aromatic rings. The summed E-state index contributed by atoms with van der Waals surface area (Å²) in [4.78, 5) is 3.06. The van der Waals surface area contributed by atoms with E-state index in [1.54, 1.807) is 0 Å². The lowest BCUT2D eigenvalue weighted by molar-refractivity contribution is 0.723. The zero-order valence-electron chi connectivity index (χ0n) is 20.2. The van der Waals surface area contributed by atoms with Crippen LogP contribution in [0.1, 0.15) is 62.1 Å². The van der Waals surface area contributed by atoms with E-state index in [0.717, 1.165) is 0 Å². The number of rotatable bonds is 8. The van der Waals surface area contributed by atoms with Crippen molar-refractivity contribution in [2.75, 3.05) is 0 Å². The third-order valence-corrected chi connectivity index (χ3v) is 9.58. The van der Waals surface area contributed by atoms with Gasteiger partial charge in [-0.2, -0.15) is 0 Å². The van der Waals surface area contributed by atoms with Gasteiger partial charge in [-0.3, -0.25) is 0 Å². The van der Waals surface area contributed by atoms with Crippen LogP contribution >= 0.6 is 22.7 Å². The van der Waals surface area contributed by atoms with Gasteiger partial charge in [0, 0.05) is 19.2 Å². The standard InChI is InChI=1S/C32H32S2/c1-3-5-7-9-25-17-23-15-21-11-13-28-27(29(21)19-31(23)33-25)14-12-22-16-24-18-26(10-8-6-4-2)34-32(24)20-30(22)28/h11-20H,3-10H2,1-2H3. The van der Waals surface area contributed by atoms with Gasteiger partial charge in [-0.25, -0.2) is 0 Å². The molecule has 0 aliphatic rings. The Morgan fingerprint density at radius 1 is 0.471 bits per heavy atom. The predicted molar refractivity (Wildman–Crippen MR) is 156 cm³/mol. The lowest BCUT2D eigenvalue weighted by Crippen LogP contribution is -1.81. The smallest absolute Gasteiger partial charge is 0.0352 e. The van der Waals surface area contributed by atoms with E-state index in [2.05, 4.69) is 74.5 Å². The highest BCUT2D eigenvalue weighted by Gasteiger charge is 2.11. The summed E-state index contributed by atoms with van der Waals surface area (Å²) in [7, 11) is 0. The minimum Gasteiger partial charge on any atom is -0.140 e. The first kappa shape index (κ1) is 22.1. The number of benzene rings is 4. The van der Waals surface area contributed by atoms with Gasteiger partial charge in [0.15, 0.2) is 0 Å². The molecule has 2 aromatic heterocycles. The van der Waals surface area contributed by atoms with E-state index in [1.807, 2.05) is 22.7 Å². The molecule has 0 aliphatic carbocycles. The van der Waals surface area contributed by atoms with Crippen molar-refractivity contribution in [1.29, 1.82) is 0 Å². The number of thiophene rings is 2. The SMILES string of the molecule is CCCCCc1cc2cc3ccc4c5cc6sc(CCCCC)cc6cc5ccc4c3cc2s1. The van der Waals surface area contributed by atoms with Gasteiger partial charge in [-0.05, 0) is 105 Å². The molecule has 4 aromatic carbocycles. The summed E-state index contributed by atoms with van der Waals surface area (Å²) in [6.07, 6.45) is 10.2. The highest BCUT2D eigenvalue weighted by molar-refractivity contribution is 7.19. The first-order valence-corrected chi connectivity index (χ1v) is 14.6. The van der Waals surface area contributed by atoms with Crippen molar-refractivity contribution in [3.05, 3.63) is 70.4 Å². The Labute approximate surface area is 210 Å². The van der Waals surface area contributed by atoms with E-state index in [1.165, 1.54) is 114 Å². The van der Waals surface area contributed by atoms with Crippen molar-refractivity contribution in [3.8, 4) is 0 Å². The van der Waals surface area contributed by atoms with Gasteiger partial charge in [0.2, 0.25) is 0 Å². The zero-order valence-corrected chi connectivity index (χ0v) is 21.9. The molecular weight excluding hydrogens is 448 g/mol. The monoisotopic (exact) mass is 480 g/mol. The maximum absolute atomic E-state index is 2.45. The Bertz CT molecular complexity index is 1510. The topological polar surface area (TPSA) is 0 Å². The highest BCUT2D eigenvalue weighted by atomic mass is 32.1. The van der Waals surface area contributed by atoms with Crippen LogP contribution in [0.5, 0.6) is 0 Å². The molecule has 0 saturated carbocycles. The molecule has 0 saturated heterocycles. The Hall–Kier alpha value is -2.42. The lowest BCUT2D eigenvalue weighted by Gasteiger charge is -2.08. The maximum atomic E-state index is 2.45. The largest absolute Gasteiger partial charge is 0.140 e. The van der Waals surface area contributed by atoms with Gasteiger partial charge in [0.25, 0.3) is 0 Å². The van der Waals surface area contributed by atoms with Gasteiger partial charge in [-0.1, -0.05) is 63.8 Å². The predicted octanol–water partition coefficient (Wildman–Crippen LogP) is 11.0. The highest BCUT2D eigenvalue weighted by Crippen LogP contribution is 2.38. The van der Waals surface area contributed by atoms with Gasteiger partial charge >= 0.3 is 0 Å². The van der Waals surface area contributed by atoms with Crippen LogP contribution in [0.3, 0.4) is 0 Å². The van der Waals surface area contributed by atoms with Crippen molar-refractivity contribution in [3.63, 3.8) is 0 Å². The minimum absolute atomic E-state index is 1.21. The second-order valence-electron chi connectivity index (χ2n) is 9.79. The van der Waals surface area contributed by atoms with Crippen LogP contribution in [-0.2, 0) is 12.8 Å². The molecule has 0 aliphatic heterocycles. The summed E-state index contributed by atoms with van der Waals surface area (Å²) in [5.41, 5.74) is 0. The summed E-state index contributed by atoms with van der Waals surface area (Å²) in [6.45, 7) is 4.56. The van der Waals surface area contributed by atoms with Crippen LogP contribution in [-0.4, -0.2) is 0 Å². The molecule has 0 bridgehead atoms. The van der Waals surface area contributed by atoms with E-state index < -0.39 is 0 Å². The zero-order chi connectivity index (χ0) is 23.1. The fourth-order valence-corrected chi connectivity index (χ4v) is 7.66. The van der Waals surface area contributed by atoms with Crippen molar-refractivity contribution in [1.82, 2.24) is 0 Å². The molecule has 34 heavy (non-hydrogen) atoms. The second kappa shape index (κ2) is 9.32. The van der Waals surface area contributed by atoms with Crippen LogP contribution in [0.4, 0.5) is 0 Å². The van der Waals surface area contributed by atoms with E-state index in [-0.39, 0.29) is 0 Å². The van der Waals surface area contributed by atoms with Gasteiger partial charge in [-0.15, -0.1) is 22.7 Å². The van der Waals surface area contributed by atoms with E-state index in [4.69, 9.17) is 0 Å². The number of fused-ring (bicyclic) bond motifs is 7. The fourth-order valence-electron chi connectivity index (χ4n) is 5.40. The molecule has 172 valence electrons. The maximum Gasteiger partial charge on any atom is 0.0352 e. The third kappa shape index (κ3) is 4.01. The van der Waals surface area contributed by atoms with Gasteiger partial charge in [0.1, 0.15) is 0 Å². The average Bonchev–Trinajstić information content (AvgIpc) is 3.43. The fraction of sp³-hybridized carbons (Fsp3) is 0.312. The second-order valence-corrected chi connectivity index (χ2v) is 12.1. The normalized spacial score (nSPS) is 12.2. The van der Waals surface area contributed by atoms with E-state index in [9.17, 15) is 0 Å². The number of hydrogen-bond donors (Lipinski definition) is 0. The van der Waals surface area contributed by atoms with Crippen LogP contribution in [0.25, 0.3) is 52.5 Å². The molecule has 0 amide bonds. The van der Waals surface area contributed by atoms with Crippen LogP contribution < -0.4 is 0 Å². The molecule has 0 fully saturated rings. The first-order valence-electron chi connectivity index (χ1n) is 13.0. The molecule has 2 heterocycles. The molecule has 0 nitrogen and oxygen atoms in total. The molecule has 6 rings (SSSR count). The molecule has 2 heteroatoms. The minimum atomic E-state index is 1.21. The van der Waals surface area contributed by atoms with E-state index in [0.29, 0.717) is 0 Å². The molecular formula is C32H32S2. The van der Waals surface area contributed by atoms with Gasteiger partial charge in [0.05, 0.1) is 0 Å². The number of aryl methyl sites for hydroxylation is 2. The van der Waals surface area contributed by atoms with E-state index >= 15 is 0 Å². The van der Waals surface area contributed by atoms with Crippen LogP contribution in [0.2, 0.25) is 0 Å². The van der Waals surface area contributed by atoms with Crippen LogP contribution in [0.15, 0.2) is 60.7 Å². The summed E-state index contributed by atoms with van der Waals surface area (Å²) < 4.78 is 2.86. The van der Waals surface area contributed by atoms with Crippen molar-refractivity contribution in [2.45, 2.75) is 65.2 Å². The summed E-state index contributed by atoms with van der Waals surface area (Å²) in [5, 5.41) is 11.1. The number of hydrogen-bond acceptors (Lipinski definition) is 2. The lowest BCUT2D eigenvalue weighted by atomic mass is 9.96. The third-order valence-electron chi connectivity index (χ3n) is 7.26. The van der Waals surface area contributed by atoms with Crippen molar-refractivity contribution < 1.29 is 0 Å². The van der Waals surface area contributed by atoms with Gasteiger partial charge < -0.3 is 0 Å². The first-order chi connectivity index (χ1) is 16.7. The molecule has 0 N–H and O–H groups in total. The van der Waals surface area contributed by atoms with Crippen molar-refractivity contribution in [2.24, 2.45) is 0 Å². The molecule has 0 atom stereocenters. The Kier molecular flexibility index (Phi) is 6.05. The molecule has 0 radical (unpaired) electrons. The quantitative estimate of drug-likeness (QED) is 0.150. The Morgan fingerprint density at radius 2 is 0.941 bits per heavy atom. The summed E-state index contributed by atoms with van der Waals surface area (Å²) in [5.74, 6) is 0. The van der Waals surface area contributed by atoms with Crippen molar-refractivity contribution >= 4 is 75.2 Å². The number of unbranched alkanes of at least 4 members (excludes halogenated alkanes) is 4. The molecule has 0 unspecified atom stereocenters. The summed E-state index contributed by atoms with van der Waals surface area (Å²) >= 11 is 3.98.